The summed E-state index contributed by atoms with van der Waals surface area (Å²) in [4.78, 5) is 23.6. The molecule has 5 heteroatoms. The molecule has 1 aliphatic carbocycles. The number of benzene rings is 1. The van der Waals surface area contributed by atoms with Gasteiger partial charge in [-0.15, -0.1) is 0 Å². The van der Waals surface area contributed by atoms with Crippen molar-refractivity contribution in [2.24, 2.45) is 5.92 Å². The molecule has 2 fully saturated rings. The summed E-state index contributed by atoms with van der Waals surface area (Å²) in [5.74, 6) is 0.466. The van der Waals surface area contributed by atoms with Gasteiger partial charge in [0, 0.05) is 23.6 Å². The normalized spacial score (nSPS) is 18.4. The number of amides is 2. The van der Waals surface area contributed by atoms with Gasteiger partial charge in [-0.2, -0.15) is 0 Å². The molecule has 1 N–H and O–H groups in total. The van der Waals surface area contributed by atoms with E-state index in [4.69, 9.17) is 0 Å². The van der Waals surface area contributed by atoms with Crippen LogP contribution in [0.25, 0.3) is 17.0 Å². The average Bonchev–Trinajstić information content (AvgIpc) is 3.29. The highest BCUT2D eigenvalue weighted by Crippen LogP contribution is 2.30. The first-order valence-electron chi connectivity index (χ1n) is 10.5. The summed E-state index contributed by atoms with van der Waals surface area (Å²) >= 11 is 0.967. The molecule has 1 aromatic heterocycles. The van der Waals surface area contributed by atoms with Crippen molar-refractivity contribution in [3.63, 3.8) is 0 Å². The quantitative estimate of drug-likeness (QED) is 0.591. The molecule has 28 heavy (non-hydrogen) atoms. The maximum absolute atomic E-state index is 11.8. The van der Waals surface area contributed by atoms with E-state index < -0.39 is 0 Å². The van der Waals surface area contributed by atoms with Crippen LogP contribution in [-0.2, 0) is 11.3 Å². The molecule has 1 aliphatic heterocycles. The largest absolute Gasteiger partial charge is 0.347 e. The molecule has 4 rings (SSSR count). The molecule has 1 saturated heterocycles. The second-order valence-electron chi connectivity index (χ2n) is 6.60. The molecular weight excluding hydrogens is 368 g/mol. The number of fused-ring (bicyclic) bond motifs is 1. The van der Waals surface area contributed by atoms with E-state index in [0.29, 0.717) is 4.91 Å². The minimum absolute atomic E-state index is 0.298. The van der Waals surface area contributed by atoms with Crippen LogP contribution in [0, 0.1) is 5.92 Å². The third-order valence-corrected chi connectivity index (χ3v) is 5.77. The third kappa shape index (κ3) is 5.28. The Morgan fingerprint density at radius 3 is 2.43 bits per heavy atom. The number of rotatable bonds is 3. The lowest BCUT2D eigenvalue weighted by Crippen LogP contribution is -2.17. The molecule has 152 valence electrons. The van der Waals surface area contributed by atoms with Crippen LogP contribution in [0.2, 0.25) is 0 Å². The summed E-state index contributed by atoms with van der Waals surface area (Å²) < 4.78 is 2.33. The summed E-state index contributed by atoms with van der Waals surface area (Å²) in [5, 5.41) is 3.14. The number of imide groups is 1. The molecule has 0 bridgehead atoms. The first-order valence-corrected chi connectivity index (χ1v) is 11.3. The van der Waals surface area contributed by atoms with Crippen LogP contribution in [0.1, 0.15) is 65.4 Å². The number of carbonyl (C=O) groups is 2. The average molecular weight is 401 g/mol. The van der Waals surface area contributed by atoms with Gasteiger partial charge in [-0.1, -0.05) is 59.1 Å². The zero-order valence-electron chi connectivity index (χ0n) is 17.5. The standard InChI is InChI=1S/C19H20N2O2S.2C2H6/c22-18-17(24-19(23)20-18)11-14-7-4-8-16-15(14)9-10-21(16)12-13-5-2-1-3-6-13;2*1-2/h4,7-11,13H,1-3,5-6,12H2,(H,20,22,23);2*1-2H3/b17-11-;;. The highest BCUT2D eigenvalue weighted by molar-refractivity contribution is 8.18. The Bertz CT molecular complexity index is 832. The molecule has 4 nitrogen and oxygen atoms in total. The van der Waals surface area contributed by atoms with Crippen molar-refractivity contribution >= 4 is 39.9 Å². The minimum Gasteiger partial charge on any atom is -0.347 e. The van der Waals surface area contributed by atoms with Crippen LogP contribution < -0.4 is 5.32 Å². The molecule has 1 aromatic carbocycles. The van der Waals surface area contributed by atoms with Gasteiger partial charge in [0.25, 0.3) is 11.1 Å². The summed E-state index contributed by atoms with van der Waals surface area (Å²) in [7, 11) is 0. The topological polar surface area (TPSA) is 51.1 Å². The van der Waals surface area contributed by atoms with Crippen molar-refractivity contribution in [2.75, 3.05) is 0 Å². The zero-order valence-corrected chi connectivity index (χ0v) is 18.3. The van der Waals surface area contributed by atoms with Crippen molar-refractivity contribution in [2.45, 2.75) is 66.3 Å². The Morgan fingerprint density at radius 2 is 1.79 bits per heavy atom. The van der Waals surface area contributed by atoms with E-state index in [1.165, 1.54) is 37.6 Å². The van der Waals surface area contributed by atoms with E-state index in [0.717, 1.165) is 35.2 Å². The van der Waals surface area contributed by atoms with Gasteiger partial charge in [0.15, 0.2) is 0 Å². The molecule has 1 saturated carbocycles. The van der Waals surface area contributed by atoms with E-state index in [-0.39, 0.29) is 11.1 Å². The van der Waals surface area contributed by atoms with Gasteiger partial charge in [0.2, 0.25) is 0 Å². The van der Waals surface area contributed by atoms with Crippen LogP contribution >= 0.6 is 11.8 Å². The fourth-order valence-electron chi connectivity index (χ4n) is 3.74. The van der Waals surface area contributed by atoms with Crippen molar-refractivity contribution < 1.29 is 9.59 Å². The van der Waals surface area contributed by atoms with E-state index in [2.05, 4.69) is 28.2 Å². The lowest BCUT2D eigenvalue weighted by molar-refractivity contribution is -0.115. The molecule has 2 amide bonds. The highest BCUT2D eigenvalue weighted by Gasteiger charge is 2.25. The van der Waals surface area contributed by atoms with Gasteiger partial charge < -0.3 is 4.57 Å². The number of hydrogen-bond donors (Lipinski definition) is 1. The van der Waals surface area contributed by atoms with Crippen LogP contribution in [-0.4, -0.2) is 15.7 Å². The number of hydrogen-bond acceptors (Lipinski definition) is 3. The second-order valence-corrected chi connectivity index (χ2v) is 7.62. The van der Waals surface area contributed by atoms with Crippen LogP contribution in [0.3, 0.4) is 0 Å². The monoisotopic (exact) mass is 400 g/mol. The highest BCUT2D eigenvalue weighted by atomic mass is 32.2. The molecule has 0 unspecified atom stereocenters. The SMILES string of the molecule is CC.CC.O=C1NC(=O)/C(=C/c2cccc3c2ccn3CC2CCCCC2)S1. The molecular formula is C23H32N2O2S. The van der Waals surface area contributed by atoms with Crippen molar-refractivity contribution in [3.05, 3.63) is 40.9 Å². The molecule has 2 aromatic rings. The van der Waals surface area contributed by atoms with Crippen molar-refractivity contribution in [3.8, 4) is 0 Å². The lowest BCUT2D eigenvalue weighted by Gasteiger charge is -2.22. The summed E-state index contributed by atoms with van der Waals surface area (Å²) in [6.45, 7) is 9.07. The minimum atomic E-state index is -0.302. The van der Waals surface area contributed by atoms with Gasteiger partial charge in [-0.05, 0) is 54.3 Å². The van der Waals surface area contributed by atoms with Crippen molar-refractivity contribution in [1.82, 2.24) is 9.88 Å². The first kappa shape index (κ1) is 22.3. The first-order chi connectivity index (χ1) is 13.7. The Kier molecular flexibility index (Phi) is 8.84. The van der Waals surface area contributed by atoms with Crippen LogP contribution in [0.15, 0.2) is 35.4 Å². The summed E-state index contributed by atoms with van der Waals surface area (Å²) in [5.41, 5.74) is 2.19. The number of thioether (sulfide) groups is 1. The van der Waals surface area contributed by atoms with E-state index in [1.54, 1.807) is 0 Å². The van der Waals surface area contributed by atoms with Crippen LogP contribution in [0.5, 0.6) is 0 Å². The Balaban J connectivity index is 0.000000660. The maximum atomic E-state index is 11.8. The lowest BCUT2D eigenvalue weighted by atomic mass is 9.89. The predicted molar refractivity (Wildman–Crippen MR) is 120 cm³/mol. The second kappa shape index (κ2) is 11.1. The fourth-order valence-corrected chi connectivity index (χ4v) is 4.42. The maximum Gasteiger partial charge on any atom is 0.290 e. The number of nitrogens with zero attached hydrogens (tertiary/aromatic N) is 1. The van der Waals surface area contributed by atoms with E-state index >= 15 is 0 Å². The summed E-state index contributed by atoms with van der Waals surface area (Å²) in [6.07, 6.45) is 10.7. The van der Waals surface area contributed by atoms with Gasteiger partial charge in [-0.3, -0.25) is 14.9 Å². The summed E-state index contributed by atoms with van der Waals surface area (Å²) in [6, 6.07) is 8.26. The van der Waals surface area contributed by atoms with E-state index in [9.17, 15) is 9.59 Å². The molecule has 0 atom stereocenters. The Morgan fingerprint density at radius 1 is 1.07 bits per heavy atom. The van der Waals surface area contributed by atoms with E-state index in [1.807, 2.05) is 45.9 Å². The van der Waals surface area contributed by atoms with Gasteiger partial charge in [0.05, 0.1) is 4.91 Å². The van der Waals surface area contributed by atoms with Crippen molar-refractivity contribution in [1.29, 1.82) is 0 Å². The third-order valence-electron chi connectivity index (χ3n) is 4.96. The molecule has 2 aliphatic rings. The van der Waals surface area contributed by atoms with Gasteiger partial charge >= 0.3 is 0 Å². The molecule has 0 radical (unpaired) electrons. The smallest absolute Gasteiger partial charge is 0.290 e. The number of carbonyl (C=O) groups excluding carboxylic acids is 2. The molecule has 0 spiro atoms. The fraction of sp³-hybridized carbons (Fsp3) is 0.478. The Hall–Kier alpha value is -2.01. The van der Waals surface area contributed by atoms with Gasteiger partial charge in [0.1, 0.15) is 0 Å². The van der Waals surface area contributed by atoms with Gasteiger partial charge in [-0.25, -0.2) is 0 Å². The Labute approximate surface area is 172 Å². The number of nitrogens with one attached hydrogen (secondary N) is 1. The van der Waals surface area contributed by atoms with Crippen LogP contribution in [0.4, 0.5) is 4.79 Å². The zero-order chi connectivity index (χ0) is 20.5. The number of aromatic nitrogens is 1. The molecule has 2 heterocycles. The predicted octanol–water partition coefficient (Wildman–Crippen LogP) is 6.60.